The minimum atomic E-state index is -2.82. The lowest BCUT2D eigenvalue weighted by molar-refractivity contribution is -0.188. The van der Waals surface area contributed by atoms with E-state index in [1.807, 2.05) is 0 Å². The zero-order valence-corrected chi connectivity index (χ0v) is 17.7. The molecule has 3 aliphatic rings. The summed E-state index contributed by atoms with van der Waals surface area (Å²) in [5.74, 6) is -12.0. The van der Waals surface area contributed by atoms with Gasteiger partial charge in [-0.25, -0.2) is 0 Å². The summed E-state index contributed by atoms with van der Waals surface area (Å²) < 4.78 is 0. The summed E-state index contributed by atoms with van der Waals surface area (Å²) >= 11 is 0. The van der Waals surface area contributed by atoms with Crippen molar-refractivity contribution in [2.75, 3.05) is 14.1 Å². The number of Topliss-reactive ketones (excluding diaryl/α,β-unsaturated/α-hetero) is 4. The molecule has 5 N–H and O–H groups in total. The van der Waals surface area contributed by atoms with Crippen LogP contribution >= 0.6 is 0 Å². The van der Waals surface area contributed by atoms with Gasteiger partial charge in [-0.05, 0) is 39.1 Å². The Morgan fingerprint density at radius 1 is 1.09 bits per heavy atom. The molecule has 4 unspecified atom stereocenters. The molecule has 0 spiro atoms. The second-order valence-electron chi connectivity index (χ2n) is 9.28. The zero-order chi connectivity index (χ0) is 23.9. The van der Waals surface area contributed by atoms with Crippen LogP contribution in [0, 0.1) is 23.7 Å². The minimum absolute atomic E-state index is 0.117. The lowest BCUT2D eigenvalue weighted by Gasteiger charge is -2.55. The number of benzene rings is 1. The maximum Gasteiger partial charge on any atom is 0.235 e. The van der Waals surface area contributed by atoms with Crippen LogP contribution in [0.25, 0.3) is 0 Å². The first-order chi connectivity index (χ1) is 14.8. The van der Waals surface area contributed by atoms with Crippen molar-refractivity contribution in [1.29, 1.82) is 0 Å². The van der Waals surface area contributed by atoms with Gasteiger partial charge >= 0.3 is 0 Å². The average Bonchev–Trinajstić information content (AvgIpc) is 2.68. The molecule has 1 aromatic rings. The quantitative estimate of drug-likeness (QED) is 0.397. The van der Waals surface area contributed by atoms with Gasteiger partial charge < -0.3 is 21.1 Å². The van der Waals surface area contributed by atoms with E-state index in [9.17, 15) is 39.3 Å². The predicted octanol–water partition coefficient (Wildman–Crippen LogP) is -1.47. The molecule has 10 nitrogen and oxygen atoms in total. The summed E-state index contributed by atoms with van der Waals surface area (Å²) in [6, 6.07) is 2.91. The van der Waals surface area contributed by atoms with Gasteiger partial charge in [-0.3, -0.25) is 28.9 Å². The third kappa shape index (κ3) is 2.54. The number of ketones is 4. The predicted molar refractivity (Wildman–Crippen MR) is 107 cm³/mol. The van der Waals surface area contributed by atoms with Gasteiger partial charge in [0.2, 0.25) is 5.91 Å². The van der Waals surface area contributed by atoms with Crippen LogP contribution in [0.2, 0.25) is 0 Å². The Hall–Kier alpha value is -2.95. The Bertz CT molecular complexity index is 1090. The van der Waals surface area contributed by atoms with Crippen molar-refractivity contribution in [2.24, 2.45) is 29.4 Å². The van der Waals surface area contributed by atoms with Crippen molar-refractivity contribution in [3.05, 3.63) is 29.3 Å². The number of carbonyl (C=O) groups is 5. The fourth-order valence-electron chi connectivity index (χ4n) is 5.88. The number of phenolic OH excluding ortho intramolecular Hbond substituents is 1. The van der Waals surface area contributed by atoms with Crippen LogP contribution < -0.4 is 5.73 Å². The summed E-state index contributed by atoms with van der Waals surface area (Å²) in [6.45, 7) is 1.39. The lowest BCUT2D eigenvalue weighted by Crippen LogP contribution is -2.75. The maximum atomic E-state index is 13.6. The van der Waals surface area contributed by atoms with E-state index in [0.717, 1.165) is 0 Å². The number of aliphatic hydroxyl groups is 2. The molecule has 0 aliphatic heterocycles. The molecule has 0 bridgehead atoms. The summed E-state index contributed by atoms with van der Waals surface area (Å²) in [6.07, 6.45) is -0.230. The first-order valence-corrected chi connectivity index (χ1v) is 10.2. The molecule has 0 aromatic heterocycles. The maximum absolute atomic E-state index is 13.6. The number of hydrogen-bond donors (Lipinski definition) is 4. The highest BCUT2D eigenvalue weighted by atomic mass is 16.3. The van der Waals surface area contributed by atoms with Crippen LogP contribution in [-0.4, -0.2) is 75.0 Å². The fourth-order valence-corrected chi connectivity index (χ4v) is 5.88. The number of rotatable bonds is 2. The van der Waals surface area contributed by atoms with Gasteiger partial charge in [-0.1, -0.05) is 12.1 Å². The number of hydrogen-bond acceptors (Lipinski definition) is 9. The van der Waals surface area contributed by atoms with Gasteiger partial charge in [0.1, 0.15) is 5.75 Å². The number of fused-ring (bicyclic) bond motifs is 3. The largest absolute Gasteiger partial charge is 0.507 e. The van der Waals surface area contributed by atoms with Gasteiger partial charge in [0.15, 0.2) is 34.7 Å². The fraction of sp³-hybridized carbons (Fsp3) is 0.500. The van der Waals surface area contributed by atoms with E-state index in [1.54, 1.807) is 0 Å². The molecule has 0 saturated heterocycles. The van der Waals surface area contributed by atoms with Gasteiger partial charge in [0.25, 0.3) is 0 Å². The van der Waals surface area contributed by atoms with E-state index in [4.69, 9.17) is 5.73 Å². The summed E-state index contributed by atoms with van der Waals surface area (Å²) in [4.78, 5) is 66.4. The number of phenols is 1. The Kier molecular flexibility index (Phi) is 4.71. The molecule has 1 amide bonds. The van der Waals surface area contributed by atoms with Crippen molar-refractivity contribution in [2.45, 2.75) is 30.6 Å². The normalized spacial score (nSPS) is 38.9. The topological polar surface area (TPSA) is 175 Å². The van der Waals surface area contributed by atoms with Crippen LogP contribution in [0.1, 0.15) is 29.3 Å². The van der Waals surface area contributed by atoms with Crippen LogP contribution in [0.4, 0.5) is 0 Å². The number of carbonyl (C=O) groups excluding carboxylic acids is 5. The summed E-state index contributed by atoms with van der Waals surface area (Å²) in [7, 11) is 2.98. The zero-order valence-electron chi connectivity index (χ0n) is 17.7. The third-order valence-corrected chi connectivity index (χ3v) is 7.38. The van der Waals surface area contributed by atoms with E-state index < -0.39 is 75.7 Å². The monoisotopic (exact) mass is 444 g/mol. The average molecular weight is 444 g/mol. The first-order valence-electron chi connectivity index (χ1n) is 10.2. The van der Waals surface area contributed by atoms with Gasteiger partial charge in [-0.2, -0.15) is 0 Å². The van der Waals surface area contributed by atoms with Crippen molar-refractivity contribution >= 4 is 29.0 Å². The van der Waals surface area contributed by atoms with Crippen LogP contribution in [0.15, 0.2) is 18.2 Å². The molecule has 2 saturated carbocycles. The number of amides is 1. The standard InChI is InChI=1S/C22H24N2O8/c1-21(31)8-5-4-6-11(25)12(8)16(26)13-9(21)7-10-15(24(2)3)17(27)14(20(23)30)19(29)22(10,32)18(13)28/h4-6,9-10,13-15,25,31-32H,7H2,1-3H3,(H2,23,30)/t9?,10?,13?,14?,15-,21+,22-/m0/s1. The molecule has 1 aromatic carbocycles. The molecular weight excluding hydrogens is 420 g/mol. The Balaban J connectivity index is 1.95. The highest BCUT2D eigenvalue weighted by molar-refractivity contribution is 6.32. The molecule has 32 heavy (non-hydrogen) atoms. The van der Waals surface area contributed by atoms with Crippen LogP contribution in [0.5, 0.6) is 5.75 Å². The number of aromatic hydroxyl groups is 1. The molecule has 10 heteroatoms. The van der Waals surface area contributed by atoms with Gasteiger partial charge in [-0.15, -0.1) is 0 Å². The molecule has 0 heterocycles. The van der Waals surface area contributed by atoms with E-state index in [1.165, 1.54) is 44.1 Å². The lowest BCUT2D eigenvalue weighted by atomic mass is 9.49. The Labute approximate surface area is 183 Å². The van der Waals surface area contributed by atoms with E-state index in [-0.39, 0.29) is 17.5 Å². The minimum Gasteiger partial charge on any atom is -0.507 e. The summed E-state index contributed by atoms with van der Waals surface area (Å²) in [5, 5.41) is 33.1. The second-order valence-corrected chi connectivity index (χ2v) is 9.28. The second kappa shape index (κ2) is 6.77. The Morgan fingerprint density at radius 2 is 1.72 bits per heavy atom. The molecule has 3 aliphatic carbocycles. The van der Waals surface area contributed by atoms with E-state index in [0.29, 0.717) is 0 Å². The molecule has 0 radical (unpaired) electrons. The highest BCUT2D eigenvalue weighted by Crippen LogP contribution is 2.55. The van der Waals surface area contributed by atoms with E-state index in [2.05, 4.69) is 0 Å². The number of primary amides is 1. The molecule has 2 fully saturated rings. The Morgan fingerprint density at radius 3 is 2.28 bits per heavy atom. The number of likely N-dealkylation sites (N-methyl/N-ethyl adjacent to an activating group) is 1. The smallest absolute Gasteiger partial charge is 0.235 e. The number of nitrogens with two attached hydrogens (primary N) is 1. The van der Waals surface area contributed by atoms with Crippen molar-refractivity contribution < 1.29 is 39.3 Å². The van der Waals surface area contributed by atoms with Gasteiger partial charge in [0, 0.05) is 11.8 Å². The van der Waals surface area contributed by atoms with Crippen molar-refractivity contribution in [1.82, 2.24) is 4.90 Å². The molecule has 7 atom stereocenters. The summed E-state index contributed by atoms with van der Waals surface area (Å²) in [5.41, 5.74) is 0.511. The molecule has 4 rings (SSSR count). The van der Waals surface area contributed by atoms with Crippen LogP contribution in [0.3, 0.4) is 0 Å². The third-order valence-electron chi connectivity index (χ3n) is 7.38. The van der Waals surface area contributed by atoms with Crippen LogP contribution in [-0.2, 0) is 24.8 Å². The van der Waals surface area contributed by atoms with Crippen molar-refractivity contribution in [3.8, 4) is 5.75 Å². The SMILES string of the molecule is CN(C)[C@@H]1C(=O)C(C(N)=O)C(=O)[C@@]2(O)C(=O)C3C(=O)c4c(O)cccc4[C@@](C)(O)C3CC12. The molecule has 170 valence electrons. The van der Waals surface area contributed by atoms with Crippen molar-refractivity contribution in [3.63, 3.8) is 0 Å². The molecular formula is C22H24N2O8. The first kappa shape index (κ1) is 22.3. The highest BCUT2D eigenvalue weighted by Gasteiger charge is 2.71. The van der Waals surface area contributed by atoms with E-state index >= 15 is 0 Å². The van der Waals surface area contributed by atoms with Gasteiger partial charge in [0.05, 0.1) is 23.1 Å². The number of nitrogens with zero attached hydrogens (tertiary/aromatic N) is 1.